The summed E-state index contributed by atoms with van der Waals surface area (Å²) in [5, 5.41) is 4.28. The number of aromatic nitrogens is 2. The van der Waals surface area contributed by atoms with Crippen LogP contribution in [-0.4, -0.2) is 40.5 Å². The molecule has 0 radical (unpaired) electrons. The topological polar surface area (TPSA) is 73.2 Å². The molecule has 1 aliphatic heterocycles. The largest absolute Gasteiger partial charge is 0.376 e. The van der Waals surface area contributed by atoms with E-state index in [0.29, 0.717) is 18.2 Å². The first-order valence-electron chi connectivity index (χ1n) is 9.53. The molecular weight excluding hydrogens is 382 g/mol. The van der Waals surface area contributed by atoms with E-state index >= 15 is 0 Å². The Morgan fingerprint density at radius 2 is 2.26 bits per heavy atom. The number of nitrogens with zero attached hydrogens (tertiary/aromatic N) is 2. The number of hydrogen-bond donors (Lipinski definition) is 1. The minimum atomic E-state index is -0.0505. The van der Waals surface area contributed by atoms with Crippen LogP contribution in [0.5, 0.6) is 0 Å². The number of rotatable bonds is 8. The van der Waals surface area contributed by atoms with E-state index < -0.39 is 0 Å². The highest BCUT2D eigenvalue weighted by molar-refractivity contribution is 7.99. The lowest BCUT2D eigenvalue weighted by molar-refractivity contribution is -0.119. The van der Waals surface area contributed by atoms with Gasteiger partial charge in [-0.2, -0.15) is 0 Å². The minimum Gasteiger partial charge on any atom is -0.376 e. The van der Waals surface area contributed by atoms with Crippen molar-refractivity contribution in [3.63, 3.8) is 0 Å². The summed E-state index contributed by atoms with van der Waals surface area (Å²) in [6.07, 6.45) is 4.10. The summed E-state index contributed by atoms with van der Waals surface area (Å²) in [6.45, 7) is 8.06. The van der Waals surface area contributed by atoms with Crippen molar-refractivity contribution in [2.75, 3.05) is 18.9 Å². The lowest BCUT2D eigenvalue weighted by Crippen LogP contribution is -2.33. The Balaban J connectivity index is 1.75. The van der Waals surface area contributed by atoms with Gasteiger partial charge in [0.25, 0.3) is 5.56 Å². The number of fused-ring (bicyclic) bond motifs is 1. The summed E-state index contributed by atoms with van der Waals surface area (Å²) in [5.74, 6) is 0.200. The summed E-state index contributed by atoms with van der Waals surface area (Å²) in [4.78, 5) is 31.8. The zero-order valence-corrected chi connectivity index (χ0v) is 17.8. The molecule has 3 rings (SSSR count). The van der Waals surface area contributed by atoms with Gasteiger partial charge in [-0.05, 0) is 38.7 Å². The molecule has 148 valence electrons. The molecule has 0 bridgehead atoms. The third-order valence-corrected chi connectivity index (χ3v) is 6.95. The maximum Gasteiger partial charge on any atom is 0.263 e. The van der Waals surface area contributed by atoms with E-state index in [2.05, 4.69) is 12.2 Å². The van der Waals surface area contributed by atoms with Crippen molar-refractivity contribution in [1.82, 2.24) is 14.9 Å². The number of aryl methyl sites for hydroxylation is 2. The molecule has 0 saturated carbocycles. The molecule has 1 N–H and O–H groups in total. The van der Waals surface area contributed by atoms with Crippen LogP contribution in [0.25, 0.3) is 10.2 Å². The number of unbranched alkanes of at least 4 members (excludes halogenated alkanes) is 1. The molecule has 2 aromatic rings. The van der Waals surface area contributed by atoms with Crippen LogP contribution < -0.4 is 10.9 Å². The fraction of sp³-hybridized carbons (Fsp3) is 0.632. The third kappa shape index (κ3) is 4.73. The van der Waals surface area contributed by atoms with Crippen LogP contribution in [0.15, 0.2) is 9.95 Å². The Kier molecular flexibility index (Phi) is 6.94. The summed E-state index contributed by atoms with van der Waals surface area (Å²) < 4.78 is 7.27. The molecule has 3 heterocycles. The van der Waals surface area contributed by atoms with Gasteiger partial charge in [0, 0.05) is 24.6 Å². The first-order valence-corrected chi connectivity index (χ1v) is 11.3. The second kappa shape index (κ2) is 9.21. The van der Waals surface area contributed by atoms with Gasteiger partial charge in [0.05, 0.1) is 17.2 Å². The smallest absolute Gasteiger partial charge is 0.263 e. The van der Waals surface area contributed by atoms with Crippen LogP contribution in [0.3, 0.4) is 0 Å². The molecule has 2 aromatic heterocycles. The zero-order chi connectivity index (χ0) is 19.4. The Bertz CT molecular complexity index is 869. The second-order valence-electron chi connectivity index (χ2n) is 6.90. The number of carbonyl (C=O) groups excluding carboxylic acids is 1. The SMILES string of the molecule is CCCCn1c(SCC(=O)NCC2CCCO2)nc2sc(C)c(C)c2c1=O. The molecule has 1 fully saturated rings. The molecule has 1 atom stereocenters. The van der Waals surface area contributed by atoms with Gasteiger partial charge in [0.2, 0.25) is 5.91 Å². The molecule has 27 heavy (non-hydrogen) atoms. The predicted octanol–water partition coefficient (Wildman–Crippen LogP) is 3.26. The maximum atomic E-state index is 13.0. The van der Waals surface area contributed by atoms with Gasteiger partial charge in [-0.15, -0.1) is 11.3 Å². The Labute approximate surface area is 167 Å². The lowest BCUT2D eigenvalue weighted by Gasteiger charge is -2.13. The highest BCUT2D eigenvalue weighted by Gasteiger charge is 2.19. The van der Waals surface area contributed by atoms with E-state index in [1.807, 2.05) is 13.8 Å². The molecule has 8 heteroatoms. The van der Waals surface area contributed by atoms with Crippen molar-refractivity contribution in [3.05, 3.63) is 20.8 Å². The Hall–Kier alpha value is -1.38. The lowest BCUT2D eigenvalue weighted by atomic mass is 10.2. The van der Waals surface area contributed by atoms with E-state index in [1.165, 1.54) is 11.8 Å². The minimum absolute atomic E-state index is 0.0116. The number of amides is 1. The van der Waals surface area contributed by atoms with Crippen LogP contribution in [0, 0.1) is 13.8 Å². The number of thioether (sulfide) groups is 1. The molecule has 0 aromatic carbocycles. The summed E-state index contributed by atoms with van der Waals surface area (Å²) in [7, 11) is 0. The van der Waals surface area contributed by atoms with E-state index in [0.717, 1.165) is 52.9 Å². The molecule has 1 unspecified atom stereocenters. The zero-order valence-electron chi connectivity index (χ0n) is 16.2. The maximum absolute atomic E-state index is 13.0. The van der Waals surface area contributed by atoms with Crippen LogP contribution in [0.1, 0.15) is 43.0 Å². The number of ether oxygens (including phenoxy) is 1. The summed E-state index contributed by atoms with van der Waals surface area (Å²) in [6, 6.07) is 0. The average Bonchev–Trinajstić information content (AvgIpc) is 3.26. The summed E-state index contributed by atoms with van der Waals surface area (Å²) in [5.41, 5.74) is 1.03. The standard InChI is InChI=1S/C19H27N3O3S2/c1-4-5-8-22-18(24)16-12(2)13(3)27-17(16)21-19(22)26-11-15(23)20-10-14-7-6-9-25-14/h14H,4-11H2,1-3H3,(H,20,23). The van der Waals surface area contributed by atoms with E-state index in [9.17, 15) is 9.59 Å². The highest BCUT2D eigenvalue weighted by atomic mass is 32.2. The van der Waals surface area contributed by atoms with Gasteiger partial charge in [0.15, 0.2) is 5.16 Å². The van der Waals surface area contributed by atoms with Gasteiger partial charge < -0.3 is 10.1 Å². The molecular formula is C19H27N3O3S2. The van der Waals surface area contributed by atoms with Crippen LogP contribution in [0.4, 0.5) is 0 Å². The molecule has 0 spiro atoms. The van der Waals surface area contributed by atoms with Crippen molar-refractivity contribution in [2.45, 2.75) is 64.3 Å². The quantitative estimate of drug-likeness (QED) is 0.535. The van der Waals surface area contributed by atoms with Gasteiger partial charge in [-0.25, -0.2) is 4.98 Å². The molecule has 1 aliphatic rings. The third-order valence-electron chi connectivity index (χ3n) is 4.87. The van der Waals surface area contributed by atoms with Crippen LogP contribution >= 0.6 is 23.1 Å². The van der Waals surface area contributed by atoms with Crippen molar-refractivity contribution in [1.29, 1.82) is 0 Å². The fourth-order valence-corrected chi connectivity index (χ4v) is 5.07. The number of carbonyl (C=O) groups is 1. The Morgan fingerprint density at radius 3 is 2.96 bits per heavy atom. The van der Waals surface area contributed by atoms with Crippen molar-refractivity contribution in [3.8, 4) is 0 Å². The van der Waals surface area contributed by atoms with Gasteiger partial charge in [-0.3, -0.25) is 14.2 Å². The van der Waals surface area contributed by atoms with E-state index in [4.69, 9.17) is 9.72 Å². The van der Waals surface area contributed by atoms with Crippen molar-refractivity contribution >= 4 is 39.2 Å². The fourth-order valence-electron chi connectivity index (χ4n) is 3.15. The first-order chi connectivity index (χ1) is 13.0. The van der Waals surface area contributed by atoms with E-state index in [-0.39, 0.29) is 23.3 Å². The highest BCUT2D eigenvalue weighted by Crippen LogP contribution is 2.28. The predicted molar refractivity (Wildman–Crippen MR) is 111 cm³/mol. The molecule has 1 saturated heterocycles. The monoisotopic (exact) mass is 409 g/mol. The molecule has 1 amide bonds. The van der Waals surface area contributed by atoms with Gasteiger partial charge in [-0.1, -0.05) is 25.1 Å². The van der Waals surface area contributed by atoms with Crippen molar-refractivity contribution in [2.24, 2.45) is 0 Å². The van der Waals surface area contributed by atoms with Crippen LogP contribution in [0.2, 0.25) is 0 Å². The van der Waals surface area contributed by atoms with E-state index in [1.54, 1.807) is 15.9 Å². The number of thiophene rings is 1. The van der Waals surface area contributed by atoms with Crippen molar-refractivity contribution < 1.29 is 9.53 Å². The summed E-state index contributed by atoms with van der Waals surface area (Å²) >= 11 is 2.88. The van der Waals surface area contributed by atoms with Gasteiger partial charge in [0.1, 0.15) is 4.83 Å². The molecule has 0 aliphatic carbocycles. The first kappa shape index (κ1) is 20.4. The second-order valence-corrected chi connectivity index (χ2v) is 9.04. The molecule has 6 nitrogen and oxygen atoms in total. The number of nitrogens with one attached hydrogen (secondary N) is 1. The average molecular weight is 410 g/mol. The van der Waals surface area contributed by atoms with Gasteiger partial charge >= 0.3 is 0 Å². The Morgan fingerprint density at radius 1 is 1.44 bits per heavy atom. The normalized spacial score (nSPS) is 16.9. The number of hydrogen-bond acceptors (Lipinski definition) is 6. The van der Waals surface area contributed by atoms with Crippen LogP contribution in [-0.2, 0) is 16.1 Å².